The van der Waals surface area contributed by atoms with Gasteiger partial charge in [0, 0.05) is 18.3 Å². The van der Waals surface area contributed by atoms with Crippen molar-refractivity contribution in [3.8, 4) is 0 Å². The Hall–Kier alpha value is -0.750. The standard InChI is InChI=1S/C13H22N2O3S/c1-9-6-15(7-11(9)13(17)18)12(16)8-19-10-2-4-14-5-3-10/h9-11,14H,2-8H2,1H3,(H,17,18)/t9-,11-/m1/s1. The van der Waals surface area contributed by atoms with Crippen LogP contribution in [0.25, 0.3) is 0 Å². The second-order valence-corrected chi connectivity index (χ2v) is 6.77. The van der Waals surface area contributed by atoms with Gasteiger partial charge in [0.15, 0.2) is 0 Å². The first-order chi connectivity index (χ1) is 9.08. The van der Waals surface area contributed by atoms with Crippen LogP contribution in [0.2, 0.25) is 0 Å². The van der Waals surface area contributed by atoms with Crippen LogP contribution in [0.5, 0.6) is 0 Å². The van der Waals surface area contributed by atoms with E-state index in [1.54, 1.807) is 16.7 Å². The van der Waals surface area contributed by atoms with Crippen LogP contribution in [0, 0.1) is 11.8 Å². The molecule has 0 aromatic carbocycles. The predicted octanol–water partition coefficient (Wildman–Crippen LogP) is 0.651. The maximum atomic E-state index is 12.1. The molecule has 6 heteroatoms. The van der Waals surface area contributed by atoms with Crippen molar-refractivity contribution in [2.24, 2.45) is 11.8 Å². The highest BCUT2D eigenvalue weighted by Crippen LogP contribution is 2.25. The average molecular weight is 286 g/mol. The number of rotatable bonds is 4. The fraction of sp³-hybridized carbons (Fsp3) is 0.846. The molecule has 19 heavy (non-hydrogen) atoms. The number of carbonyl (C=O) groups excluding carboxylic acids is 1. The van der Waals surface area contributed by atoms with Gasteiger partial charge in [0.25, 0.3) is 0 Å². The highest BCUT2D eigenvalue weighted by molar-refractivity contribution is 8.00. The zero-order chi connectivity index (χ0) is 13.8. The molecule has 5 nitrogen and oxygen atoms in total. The molecule has 2 N–H and O–H groups in total. The van der Waals surface area contributed by atoms with E-state index in [0.717, 1.165) is 25.9 Å². The van der Waals surface area contributed by atoms with Gasteiger partial charge in [-0.05, 0) is 31.8 Å². The second-order valence-electron chi connectivity index (χ2n) is 5.48. The van der Waals surface area contributed by atoms with Gasteiger partial charge in [-0.15, -0.1) is 11.8 Å². The number of thioether (sulfide) groups is 1. The van der Waals surface area contributed by atoms with Crippen molar-refractivity contribution >= 4 is 23.6 Å². The largest absolute Gasteiger partial charge is 0.481 e. The molecule has 2 rings (SSSR count). The molecule has 0 aliphatic carbocycles. The van der Waals surface area contributed by atoms with Crippen LogP contribution in [0.1, 0.15) is 19.8 Å². The molecule has 0 aromatic heterocycles. The van der Waals surface area contributed by atoms with E-state index in [1.807, 2.05) is 6.92 Å². The van der Waals surface area contributed by atoms with Crippen LogP contribution < -0.4 is 5.32 Å². The molecular weight excluding hydrogens is 264 g/mol. The minimum absolute atomic E-state index is 0.0605. The molecule has 0 aromatic rings. The summed E-state index contributed by atoms with van der Waals surface area (Å²) in [5.74, 6) is -0.532. The normalized spacial score (nSPS) is 28.6. The molecule has 0 unspecified atom stereocenters. The molecule has 2 aliphatic rings. The Morgan fingerprint density at radius 2 is 2.00 bits per heavy atom. The third-order valence-electron chi connectivity index (χ3n) is 4.01. The summed E-state index contributed by atoms with van der Waals surface area (Å²) in [6, 6.07) is 0. The van der Waals surface area contributed by atoms with Crippen molar-refractivity contribution in [1.82, 2.24) is 10.2 Å². The molecule has 2 saturated heterocycles. The van der Waals surface area contributed by atoms with Crippen molar-refractivity contribution in [2.45, 2.75) is 25.0 Å². The molecule has 2 aliphatic heterocycles. The van der Waals surface area contributed by atoms with Crippen molar-refractivity contribution in [3.05, 3.63) is 0 Å². The number of aliphatic carboxylic acids is 1. The predicted molar refractivity (Wildman–Crippen MR) is 75.2 cm³/mol. The van der Waals surface area contributed by atoms with E-state index in [9.17, 15) is 9.59 Å². The van der Waals surface area contributed by atoms with Crippen LogP contribution in [0.3, 0.4) is 0 Å². The van der Waals surface area contributed by atoms with E-state index in [1.165, 1.54) is 0 Å². The smallest absolute Gasteiger partial charge is 0.308 e. The van der Waals surface area contributed by atoms with Crippen LogP contribution in [-0.4, -0.2) is 59.1 Å². The number of carbonyl (C=O) groups is 2. The molecule has 2 atom stereocenters. The summed E-state index contributed by atoms with van der Waals surface area (Å²) in [6.07, 6.45) is 2.23. The summed E-state index contributed by atoms with van der Waals surface area (Å²) >= 11 is 1.72. The fourth-order valence-electron chi connectivity index (χ4n) is 2.73. The highest BCUT2D eigenvalue weighted by Gasteiger charge is 2.36. The fourth-order valence-corrected chi connectivity index (χ4v) is 3.86. The Kier molecular flexibility index (Phi) is 5.10. The Morgan fingerprint density at radius 1 is 1.32 bits per heavy atom. The van der Waals surface area contributed by atoms with Crippen molar-refractivity contribution in [1.29, 1.82) is 0 Å². The summed E-state index contributed by atoms with van der Waals surface area (Å²) < 4.78 is 0. The minimum atomic E-state index is -0.784. The summed E-state index contributed by atoms with van der Waals surface area (Å²) in [6.45, 7) is 4.94. The van der Waals surface area contributed by atoms with E-state index in [2.05, 4.69) is 5.32 Å². The number of hydrogen-bond donors (Lipinski definition) is 2. The van der Waals surface area contributed by atoms with Gasteiger partial charge >= 0.3 is 5.97 Å². The molecule has 0 spiro atoms. The van der Waals surface area contributed by atoms with Crippen molar-refractivity contribution in [2.75, 3.05) is 31.9 Å². The van der Waals surface area contributed by atoms with Crippen LogP contribution in [0.4, 0.5) is 0 Å². The number of nitrogens with zero attached hydrogens (tertiary/aromatic N) is 1. The van der Waals surface area contributed by atoms with Gasteiger partial charge in [-0.2, -0.15) is 0 Å². The number of carboxylic acids is 1. The van der Waals surface area contributed by atoms with Gasteiger partial charge in [0.2, 0.25) is 5.91 Å². The van der Waals surface area contributed by atoms with E-state index in [0.29, 0.717) is 24.1 Å². The number of hydrogen-bond acceptors (Lipinski definition) is 4. The summed E-state index contributed by atoms with van der Waals surface area (Å²) in [5, 5.41) is 12.9. The number of amides is 1. The molecule has 1 amide bonds. The minimum Gasteiger partial charge on any atom is -0.481 e. The van der Waals surface area contributed by atoms with Crippen LogP contribution in [0.15, 0.2) is 0 Å². The molecule has 108 valence electrons. The quantitative estimate of drug-likeness (QED) is 0.794. The zero-order valence-electron chi connectivity index (χ0n) is 11.3. The second kappa shape index (κ2) is 6.61. The maximum Gasteiger partial charge on any atom is 0.308 e. The molecular formula is C13H22N2O3S. The van der Waals surface area contributed by atoms with Crippen molar-refractivity contribution in [3.63, 3.8) is 0 Å². The van der Waals surface area contributed by atoms with Gasteiger partial charge in [-0.25, -0.2) is 0 Å². The lowest BCUT2D eigenvalue weighted by Crippen LogP contribution is -2.33. The molecule has 0 saturated carbocycles. The first-order valence-electron chi connectivity index (χ1n) is 6.91. The van der Waals surface area contributed by atoms with E-state index in [-0.39, 0.29) is 11.8 Å². The van der Waals surface area contributed by atoms with E-state index >= 15 is 0 Å². The Bertz CT molecular complexity index is 345. The van der Waals surface area contributed by atoms with E-state index in [4.69, 9.17) is 5.11 Å². The van der Waals surface area contributed by atoms with Gasteiger partial charge in [-0.3, -0.25) is 9.59 Å². The van der Waals surface area contributed by atoms with Gasteiger partial charge < -0.3 is 15.3 Å². The highest BCUT2D eigenvalue weighted by atomic mass is 32.2. The zero-order valence-corrected chi connectivity index (χ0v) is 12.1. The first-order valence-corrected chi connectivity index (χ1v) is 7.95. The van der Waals surface area contributed by atoms with Gasteiger partial charge in [-0.1, -0.05) is 6.92 Å². The lowest BCUT2D eigenvalue weighted by molar-refractivity contribution is -0.142. The SMILES string of the molecule is C[C@@H]1CN(C(=O)CSC2CCNCC2)C[C@H]1C(=O)O. The average Bonchev–Trinajstić information content (AvgIpc) is 2.79. The van der Waals surface area contributed by atoms with Crippen LogP contribution >= 0.6 is 11.8 Å². The third-order valence-corrected chi connectivity index (χ3v) is 5.37. The first kappa shape index (κ1) is 14.7. The molecule has 2 heterocycles. The summed E-state index contributed by atoms with van der Waals surface area (Å²) in [7, 11) is 0. The number of piperidine rings is 1. The Balaban J connectivity index is 1.76. The van der Waals surface area contributed by atoms with Crippen molar-refractivity contribution < 1.29 is 14.7 Å². The lowest BCUT2D eigenvalue weighted by Gasteiger charge is -2.23. The van der Waals surface area contributed by atoms with Crippen LogP contribution in [-0.2, 0) is 9.59 Å². The topological polar surface area (TPSA) is 69.6 Å². The lowest BCUT2D eigenvalue weighted by atomic mass is 9.99. The third kappa shape index (κ3) is 3.86. The Labute approximate surface area is 118 Å². The molecule has 2 fully saturated rings. The Morgan fingerprint density at radius 3 is 2.58 bits per heavy atom. The number of carboxylic acid groups (broad SMARTS) is 1. The maximum absolute atomic E-state index is 12.1. The number of nitrogens with one attached hydrogen (secondary N) is 1. The summed E-state index contributed by atoms with van der Waals surface area (Å²) in [5.41, 5.74) is 0. The van der Waals surface area contributed by atoms with Gasteiger partial charge in [0.1, 0.15) is 0 Å². The molecule has 0 radical (unpaired) electrons. The van der Waals surface area contributed by atoms with Gasteiger partial charge in [0.05, 0.1) is 11.7 Å². The monoisotopic (exact) mass is 286 g/mol. The molecule has 0 bridgehead atoms. The van der Waals surface area contributed by atoms with E-state index < -0.39 is 11.9 Å². The number of likely N-dealkylation sites (tertiary alicyclic amines) is 1. The summed E-state index contributed by atoms with van der Waals surface area (Å²) in [4.78, 5) is 24.9.